The lowest BCUT2D eigenvalue weighted by Gasteiger charge is -2.33. The minimum absolute atomic E-state index is 0.112. The van der Waals surface area contributed by atoms with E-state index >= 15 is 0 Å². The molecule has 2 aromatic carbocycles. The van der Waals surface area contributed by atoms with Crippen molar-refractivity contribution in [3.05, 3.63) is 48.0 Å². The molecule has 1 aliphatic rings. The number of hydrogen-bond donors (Lipinski definition) is 1. The minimum Gasteiger partial charge on any atom is -0.355 e. The fourth-order valence-electron chi connectivity index (χ4n) is 3.42. The first-order valence-corrected chi connectivity index (χ1v) is 9.25. The molecule has 1 N–H and O–H groups in total. The number of nitrogens with one attached hydrogen (secondary N) is 1. The molecular weight excluding hydrogens is 310 g/mol. The Labute approximate surface area is 150 Å². The number of carbonyl (C=O) groups excluding carboxylic acids is 1. The number of fused-ring (bicyclic) bond motifs is 1. The van der Waals surface area contributed by atoms with E-state index < -0.39 is 0 Å². The fraction of sp³-hybridized carbons (Fsp3) is 0.476. The molecule has 1 fully saturated rings. The average Bonchev–Trinajstić information content (AvgIpc) is 2.62. The highest BCUT2D eigenvalue weighted by Gasteiger charge is 2.16. The summed E-state index contributed by atoms with van der Waals surface area (Å²) in [6, 6.07) is 14.5. The van der Waals surface area contributed by atoms with Crippen LogP contribution in [0.4, 0.5) is 0 Å². The summed E-state index contributed by atoms with van der Waals surface area (Å²) in [5.74, 6) is 0.587. The number of likely N-dealkylation sites (N-methyl/N-ethyl adjacent to an activating group) is 1. The van der Waals surface area contributed by atoms with Crippen LogP contribution in [0.5, 0.6) is 0 Å². The first-order chi connectivity index (χ1) is 12.1. The minimum atomic E-state index is 0.112. The van der Waals surface area contributed by atoms with Crippen molar-refractivity contribution in [2.24, 2.45) is 5.92 Å². The van der Waals surface area contributed by atoms with Gasteiger partial charge < -0.3 is 15.1 Å². The van der Waals surface area contributed by atoms with Crippen LogP contribution in [0, 0.1) is 5.92 Å². The van der Waals surface area contributed by atoms with E-state index in [-0.39, 0.29) is 5.91 Å². The molecule has 4 nitrogen and oxygen atoms in total. The summed E-state index contributed by atoms with van der Waals surface area (Å²) >= 11 is 0. The molecule has 0 spiro atoms. The van der Waals surface area contributed by atoms with Gasteiger partial charge in [-0.2, -0.15) is 0 Å². The second kappa shape index (κ2) is 8.45. The Morgan fingerprint density at radius 2 is 1.80 bits per heavy atom. The van der Waals surface area contributed by atoms with Crippen LogP contribution in [-0.4, -0.2) is 62.0 Å². The van der Waals surface area contributed by atoms with Crippen LogP contribution in [0.1, 0.15) is 12.5 Å². The van der Waals surface area contributed by atoms with Crippen LogP contribution in [0.25, 0.3) is 10.8 Å². The molecule has 0 saturated carbocycles. The third-order valence-electron chi connectivity index (χ3n) is 4.99. The number of nitrogens with zero attached hydrogens (tertiary/aromatic N) is 2. The van der Waals surface area contributed by atoms with Crippen molar-refractivity contribution in [3.8, 4) is 0 Å². The quantitative estimate of drug-likeness (QED) is 0.878. The molecule has 0 unspecified atom stereocenters. The summed E-state index contributed by atoms with van der Waals surface area (Å²) in [5, 5.41) is 5.51. The van der Waals surface area contributed by atoms with E-state index in [1.165, 1.54) is 10.8 Å². The van der Waals surface area contributed by atoms with E-state index in [4.69, 9.17) is 0 Å². The standard InChI is InChI=1S/C21H29N3O/c1-17(16-24-11-9-23(2)10-12-24)15-22-21(25)14-18-7-8-19-5-3-4-6-20(19)13-18/h3-8,13,17H,9-12,14-16H2,1-2H3,(H,22,25)/t17-/m0/s1. The van der Waals surface area contributed by atoms with Crippen molar-refractivity contribution in [3.63, 3.8) is 0 Å². The van der Waals surface area contributed by atoms with Gasteiger partial charge >= 0.3 is 0 Å². The van der Waals surface area contributed by atoms with Gasteiger partial charge in [-0.1, -0.05) is 49.4 Å². The van der Waals surface area contributed by atoms with Crippen molar-refractivity contribution in [2.45, 2.75) is 13.3 Å². The number of carbonyl (C=O) groups is 1. The fourth-order valence-corrected chi connectivity index (χ4v) is 3.42. The van der Waals surface area contributed by atoms with Gasteiger partial charge in [0, 0.05) is 39.3 Å². The molecule has 0 radical (unpaired) electrons. The van der Waals surface area contributed by atoms with Crippen molar-refractivity contribution in [2.75, 3.05) is 46.3 Å². The molecule has 1 heterocycles. The molecule has 2 aromatic rings. The first-order valence-electron chi connectivity index (χ1n) is 9.25. The zero-order valence-electron chi connectivity index (χ0n) is 15.4. The molecule has 1 aliphatic heterocycles. The Morgan fingerprint density at radius 1 is 1.08 bits per heavy atom. The van der Waals surface area contributed by atoms with E-state index in [0.29, 0.717) is 12.3 Å². The van der Waals surface area contributed by atoms with Crippen LogP contribution in [0.3, 0.4) is 0 Å². The highest BCUT2D eigenvalue weighted by molar-refractivity contribution is 5.85. The summed E-state index contributed by atoms with van der Waals surface area (Å²) in [7, 11) is 2.17. The number of hydrogen-bond acceptors (Lipinski definition) is 3. The average molecular weight is 339 g/mol. The third kappa shape index (κ3) is 5.28. The maximum atomic E-state index is 12.3. The molecule has 4 heteroatoms. The Morgan fingerprint density at radius 3 is 2.56 bits per heavy atom. The molecule has 25 heavy (non-hydrogen) atoms. The summed E-state index contributed by atoms with van der Waals surface area (Å²) < 4.78 is 0. The lowest BCUT2D eigenvalue weighted by atomic mass is 10.0. The zero-order valence-corrected chi connectivity index (χ0v) is 15.4. The molecular formula is C21H29N3O. The van der Waals surface area contributed by atoms with E-state index in [1.54, 1.807) is 0 Å². The summed E-state index contributed by atoms with van der Waals surface area (Å²) in [6.45, 7) is 8.57. The Hall–Kier alpha value is -1.91. The molecule has 0 bridgehead atoms. The Kier molecular flexibility index (Phi) is 6.05. The molecule has 0 aliphatic carbocycles. The number of amides is 1. The van der Waals surface area contributed by atoms with Gasteiger partial charge in [-0.3, -0.25) is 4.79 Å². The van der Waals surface area contributed by atoms with Crippen LogP contribution in [0.15, 0.2) is 42.5 Å². The third-order valence-corrected chi connectivity index (χ3v) is 4.99. The van der Waals surface area contributed by atoms with E-state index in [0.717, 1.165) is 44.8 Å². The van der Waals surface area contributed by atoms with Crippen LogP contribution >= 0.6 is 0 Å². The Bertz CT molecular complexity index is 707. The van der Waals surface area contributed by atoms with Gasteiger partial charge in [-0.05, 0) is 29.3 Å². The summed E-state index contributed by atoms with van der Waals surface area (Å²) in [4.78, 5) is 17.1. The van der Waals surface area contributed by atoms with Gasteiger partial charge in [-0.25, -0.2) is 0 Å². The van der Waals surface area contributed by atoms with Crippen molar-refractivity contribution in [1.82, 2.24) is 15.1 Å². The number of benzene rings is 2. The summed E-state index contributed by atoms with van der Waals surface area (Å²) in [5.41, 5.74) is 1.07. The van der Waals surface area contributed by atoms with E-state index in [9.17, 15) is 4.79 Å². The summed E-state index contributed by atoms with van der Waals surface area (Å²) in [6.07, 6.45) is 0.450. The van der Waals surface area contributed by atoms with Crippen molar-refractivity contribution in [1.29, 1.82) is 0 Å². The van der Waals surface area contributed by atoms with Crippen molar-refractivity contribution >= 4 is 16.7 Å². The van der Waals surface area contributed by atoms with Gasteiger partial charge in [-0.15, -0.1) is 0 Å². The molecule has 1 saturated heterocycles. The second-order valence-corrected chi connectivity index (χ2v) is 7.37. The Balaban J connectivity index is 1.43. The molecule has 1 atom stereocenters. The molecule has 1 amide bonds. The van der Waals surface area contributed by atoms with Crippen LogP contribution < -0.4 is 5.32 Å². The second-order valence-electron chi connectivity index (χ2n) is 7.37. The first kappa shape index (κ1) is 17.9. The monoisotopic (exact) mass is 339 g/mol. The molecule has 3 rings (SSSR count). The zero-order chi connectivity index (χ0) is 17.6. The molecule has 0 aromatic heterocycles. The normalized spacial score (nSPS) is 17.5. The van der Waals surface area contributed by atoms with Crippen LogP contribution in [-0.2, 0) is 11.2 Å². The van der Waals surface area contributed by atoms with Gasteiger partial charge in [0.25, 0.3) is 0 Å². The van der Waals surface area contributed by atoms with Gasteiger partial charge in [0.15, 0.2) is 0 Å². The largest absolute Gasteiger partial charge is 0.355 e. The topological polar surface area (TPSA) is 35.6 Å². The van der Waals surface area contributed by atoms with Crippen LogP contribution in [0.2, 0.25) is 0 Å². The van der Waals surface area contributed by atoms with Gasteiger partial charge in [0.1, 0.15) is 0 Å². The lowest BCUT2D eigenvalue weighted by Crippen LogP contribution is -2.47. The maximum Gasteiger partial charge on any atom is 0.224 e. The van der Waals surface area contributed by atoms with E-state index in [2.05, 4.69) is 59.4 Å². The van der Waals surface area contributed by atoms with Gasteiger partial charge in [0.2, 0.25) is 5.91 Å². The van der Waals surface area contributed by atoms with E-state index in [1.807, 2.05) is 12.1 Å². The maximum absolute atomic E-state index is 12.3. The number of piperazine rings is 1. The predicted molar refractivity (Wildman–Crippen MR) is 104 cm³/mol. The number of rotatable bonds is 6. The lowest BCUT2D eigenvalue weighted by molar-refractivity contribution is -0.120. The highest BCUT2D eigenvalue weighted by Crippen LogP contribution is 2.16. The predicted octanol–water partition coefficient (Wildman–Crippen LogP) is 2.38. The highest BCUT2D eigenvalue weighted by atomic mass is 16.1. The van der Waals surface area contributed by atoms with Crippen molar-refractivity contribution < 1.29 is 4.79 Å². The smallest absolute Gasteiger partial charge is 0.224 e. The SMILES string of the molecule is C[C@@H](CNC(=O)Cc1ccc2ccccc2c1)CN1CCN(C)CC1. The van der Waals surface area contributed by atoms with Gasteiger partial charge in [0.05, 0.1) is 6.42 Å². The molecule has 134 valence electrons.